The van der Waals surface area contributed by atoms with Gasteiger partial charge in [0.1, 0.15) is 17.5 Å². The maximum atomic E-state index is 4.50. The topological polar surface area (TPSA) is 58.9 Å². The van der Waals surface area contributed by atoms with Gasteiger partial charge in [0.05, 0.1) is 6.54 Å². The molecule has 0 amide bonds. The van der Waals surface area contributed by atoms with Crippen molar-refractivity contribution in [2.75, 3.05) is 18.4 Å². The van der Waals surface area contributed by atoms with E-state index >= 15 is 0 Å². The summed E-state index contributed by atoms with van der Waals surface area (Å²) in [6.07, 6.45) is 8.20. The van der Waals surface area contributed by atoms with Gasteiger partial charge >= 0.3 is 0 Å². The van der Waals surface area contributed by atoms with Gasteiger partial charge in [-0.25, -0.2) is 15.0 Å². The van der Waals surface area contributed by atoms with E-state index in [0.29, 0.717) is 5.92 Å². The highest BCUT2D eigenvalue weighted by Gasteiger charge is 2.22. The zero-order valence-corrected chi connectivity index (χ0v) is 16.0. The number of imidazole rings is 1. The zero-order chi connectivity index (χ0) is 18.6. The van der Waals surface area contributed by atoms with E-state index in [9.17, 15) is 0 Å². The lowest BCUT2D eigenvalue weighted by molar-refractivity contribution is 0.194. The first-order valence-electron chi connectivity index (χ1n) is 9.52. The van der Waals surface area contributed by atoms with Crippen molar-refractivity contribution in [3.05, 3.63) is 66.0 Å². The minimum absolute atomic E-state index is 0.521. The van der Waals surface area contributed by atoms with Gasteiger partial charge in [0.2, 0.25) is 0 Å². The van der Waals surface area contributed by atoms with E-state index in [-0.39, 0.29) is 0 Å². The molecule has 3 aromatic rings. The molecule has 6 heteroatoms. The number of nitrogens with zero attached hydrogens (tertiary/aromatic N) is 5. The van der Waals surface area contributed by atoms with Crippen molar-refractivity contribution < 1.29 is 0 Å². The molecular weight excluding hydrogens is 336 g/mol. The molecule has 0 radical (unpaired) electrons. The van der Waals surface area contributed by atoms with Crippen LogP contribution in [0.1, 0.15) is 35.8 Å². The quantitative estimate of drug-likeness (QED) is 0.751. The number of nitrogens with one attached hydrogen (secondary N) is 1. The van der Waals surface area contributed by atoms with Gasteiger partial charge in [-0.1, -0.05) is 6.07 Å². The molecule has 0 aromatic carbocycles. The SMILES string of the molecule is Cc1cccc(Nc2cc([C@@H]3CCCN(Cc4nccn4C)C3)ccn2)n1. The molecule has 0 spiro atoms. The van der Waals surface area contributed by atoms with Gasteiger partial charge in [0.25, 0.3) is 0 Å². The number of hydrogen-bond acceptors (Lipinski definition) is 5. The summed E-state index contributed by atoms with van der Waals surface area (Å²) >= 11 is 0. The first kappa shape index (κ1) is 17.7. The monoisotopic (exact) mass is 362 g/mol. The fourth-order valence-corrected chi connectivity index (χ4v) is 3.73. The smallest absolute Gasteiger partial charge is 0.131 e. The fourth-order valence-electron chi connectivity index (χ4n) is 3.73. The van der Waals surface area contributed by atoms with E-state index in [1.54, 1.807) is 0 Å². The number of rotatable bonds is 5. The van der Waals surface area contributed by atoms with Crippen LogP contribution in [0.15, 0.2) is 48.9 Å². The van der Waals surface area contributed by atoms with Crippen molar-refractivity contribution in [2.24, 2.45) is 7.05 Å². The largest absolute Gasteiger partial charge is 0.337 e. The number of pyridine rings is 2. The van der Waals surface area contributed by atoms with Crippen LogP contribution in [0, 0.1) is 6.92 Å². The third-order valence-corrected chi connectivity index (χ3v) is 5.19. The average Bonchev–Trinajstić information content (AvgIpc) is 3.07. The van der Waals surface area contributed by atoms with Gasteiger partial charge in [-0.3, -0.25) is 4.90 Å². The molecule has 0 bridgehead atoms. The van der Waals surface area contributed by atoms with Crippen LogP contribution in [0.4, 0.5) is 11.6 Å². The van der Waals surface area contributed by atoms with Crippen molar-refractivity contribution >= 4 is 11.6 Å². The molecule has 1 aliphatic heterocycles. The molecule has 1 atom stereocenters. The predicted octanol–water partition coefficient (Wildman–Crippen LogP) is 3.64. The highest BCUT2D eigenvalue weighted by molar-refractivity contribution is 5.52. The van der Waals surface area contributed by atoms with Crippen LogP contribution < -0.4 is 5.32 Å². The molecule has 27 heavy (non-hydrogen) atoms. The third-order valence-electron chi connectivity index (χ3n) is 5.19. The summed E-state index contributed by atoms with van der Waals surface area (Å²) in [7, 11) is 2.06. The fraction of sp³-hybridized carbons (Fsp3) is 0.381. The number of aryl methyl sites for hydroxylation is 2. The maximum absolute atomic E-state index is 4.50. The molecule has 1 N–H and O–H groups in total. The minimum Gasteiger partial charge on any atom is -0.337 e. The summed E-state index contributed by atoms with van der Waals surface area (Å²) in [6, 6.07) is 10.3. The Kier molecular flexibility index (Phi) is 5.16. The average molecular weight is 362 g/mol. The molecule has 1 fully saturated rings. The second kappa shape index (κ2) is 7.88. The minimum atomic E-state index is 0.521. The van der Waals surface area contributed by atoms with Gasteiger partial charge in [-0.15, -0.1) is 0 Å². The van der Waals surface area contributed by atoms with Crippen molar-refractivity contribution in [3.8, 4) is 0 Å². The molecular formula is C21H26N6. The first-order chi connectivity index (χ1) is 13.2. The van der Waals surface area contributed by atoms with Crippen molar-refractivity contribution in [3.63, 3.8) is 0 Å². The Bertz CT molecular complexity index is 903. The van der Waals surface area contributed by atoms with Crippen LogP contribution in [0.3, 0.4) is 0 Å². The molecule has 0 aliphatic carbocycles. The molecule has 6 nitrogen and oxygen atoms in total. The Morgan fingerprint density at radius 2 is 2.07 bits per heavy atom. The lowest BCUT2D eigenvalue weighted by Crippen LogP contribution is -2.34. The summed E-state index contributed by atoms with van der Waals surface area (Å²) in [4.78, 5) is 16.0. The first-order valence-corrected chi connectivity index (χ1v) is 9.52. The molecule has 1 saturated heterocycles. The Labute approximate surface area is 160 Å². The number of aromatic nitrogens is 4. The molecule has 140 valence electrons. The van der Waals surface area contributed by atoms with Crippen LogP contribution in [0.25, 0.3) is 0 Å². The number of piperidine rings is 1. The Balaban J connectivity index is 1.45. The van der Waals surface area contributed by atoms with Crippen LogP contribution in [-0.2, 0) is 13.6 Å². The summed E-state index contributed by atoms with van der Waals surface area (Å²) in [5.74, 6) is 3.33. The summed E-state index contributed by atoms with van der Waals surface area (Å²) < 4.78 is 2.10. The number of hydrogen-bond donors (Lipinski definition) is 1. The van der Waals surface area contributed by atoms with E-state index in [1.165, 1.54) is 18.4 Å². The van der Waals surface area contributed by atoms with Gasteiger partial charge in [-0.2, -0.15) is 0 Å². The van der Waals surface area contributed by atoms with Crippen molar-refractivity contribution in [1.82, 2.24) is 24.4 Å². The van der Waals surface area contributed by atoms with Gasteiger partial charge < -0.3 is 9.88 Å². The van der Waals surface area contributed by atoms with E-state index in [2.05, 4.69) is 48.9 Å². The number of anilines is 2. The standard InChI is InChI=1S/C21H26N6/c1-16-5-3-7-19(24-16)25-20-13-17(8-9-22-20)18-6-4-11-27(14-18)15-21-23-10-12-26(21)2/h3,5,7-10,12-13,18H,4,6,11,14-15H2,1-2H3,(H,22,24,25)/t18-/m1/s1. The van der Waals surface area contributed by atoms with E-state index in [4.69, 9.17) is 0 Å². The molecule has 0 unspecified atom stereocenters. The van der Waals surface area contributed by atoms with Gasteiger partial charge in [0.15, 0.2) is 0 Å². The summed E-state index contributed by atoms with van der Waals surface area (Å²) in [6.45, 7) is 5.09. The van der Waals surface area contributed by atoms with Crippen LogP contribution in [0.5, 0.6) is 0 Å². The normalized spacial score (nSPS) is 17.8. The molecule has 0 saturated carbocycles. The van der Waals surface area contributed by atoms with Crippen molar-refractivity contribution in [2.45, 2.75) is 32.2 Å². The lowest BCUT2D eigenvalue weighted by atomic mass is 9.91. The van der Waals surface area contributed by atoms with Crippen LogP contribution in [0.2, 0.25) is 0 Å². The molecule has 4 rings (SSSR count). The Morgan fingerprint density at radius 3 is 2.89 bits per heavy atom. The maximum Gasteiger partial charge on any atom is 0.131 e. The zero-order valence-electron chi connectivity index (χ0n) is 16.0. The van der Waals surface area contributed by atoms with Crippen LogP contribution in [-0.4, -0.2) is 37.5 Å². The van der Waals surface area contributed by atoms with E-state index < -0.39 is 0 Å². The molecule has 4 heterocycles. The number of likely N-dealkylation sites (tertiary alicyclic amines) is 1. The Hall–Kier alpha value is -2.73. The summed E-state index contributed by atoms with van der Waals surface area (Å²) in [5.41, 5.74) is 2.33. The van der Waals surface area contributed by atoms with E-state index in [1.807, 2.05) is 43.7 Å². The highest BCUT2D eigenvalue weighted by atomic mass is 15.2. The predicted molar refractivity (Wildman–Crippen MR) is 107 cm³/mol. The lowest BCUT2D eigenvalue weighted by Gasteiger charge is -2.32. The second-order valence-electron chi connectivity index (χ2n) is 7.29. The molecule has 3 aromatic heterocycles. The van der Waals surface area contributed by atoms with E-state index in [0.717, 1.165) is 42.8 Å². The third kappa shape index (κ3) is 4.34. The second-order valence-corrected chi connectivity index (χ2v) is 7.29. The van der Waals surface area contributed by atoms with Gasteiger partial charge in [0, 0.05) is 37.9 Å². The van der Waals surface area contributed by atoms with Crippen LogP contribution >= 0.6 is 0 Å². The Morgan fingerprint density at radius 1 is 1.15 bits per heavy atom. The molecule has 1 aliphatic rings. The van der Waals surface area contributed by atoms with Gasteiger partial charge in [-0.05, 0) is 62.1 Å². The highest BCUT2D eigenvalue weighted by Crippen LogP contribution is 2.29. The van der Waals surface area contributed by atoms with Crippen molar-refractivity contribution in [1.29, 1.82) is 0 Å². The summed E-state index contributed by atoms with van der Waals surface area (Å²) in [5, 5.41) is 3.33.